The summed E-state index contributed by atoms with van der Waals surface area (Å²) in [5.74, 6) is 20.8. The lowest BCUT2D eigenvalue weighted by atomic mass is 10.4. The van der Waals surface area contributed by atoms with E-state index < -0.39 is 10.8 Å². The first-order valence-corrected chi connectivity index (χ1v) is 5.86. The molecule has 0 aliphatic rings. The molecular weight excluding hydrogens is 216 g/mol. The molecule has 0 fully saturated rings. The largest absolute Gasteiger partial charge is 0.254 e. The van der Waals surface area contributed by atoms with Crippen molar-refractivity contribution < 1.29 is 4.21 Å². The van der Waals surface area contributed by atoms with E-state index in [0.717, 1.165) is 0 Å². The van der Waals surface area contributed by atoms with E-state index in [9.17, 15) is 4.21 Å². The van der Waals surface area contributed by atoms with Crippen molar-refractivity contribution in [2.45, 2.75) is 6.92 Å². The molecule has 16 heavy (non-hydrogen) atoms. The van der Waals surface area contributed by atoms with Crippen LogP contribution in [0.25, 0.3) is 0 Å². The van der Waals surface area contributed by atoms with Crippen LogP contribution in [0.15, 0.2) is 23.6 Å². The van der Waals surface area contributed by atoms with Gasteiger partial charge in [0.1, 0.15) is 0 Å². The van der Waals surface area contributed by atoms with Crippen LogP contribution in [0.4, 0.5) is 0 Å². The minimum absolute atomic E-state index is 0.440. The zero-order valence-corrected chi connectivity index (χ0v) is 9.99. The fraction of sp³-hybridized carbons (Fsp3) is 0.143. The molecule has 0 rings (SSSR count). The van der Waals surface area contributed by atoms with Crippen molar-refractivity contribution in [2.24, 2.45) is 0 Å². The molecule has 0 aromatic carbocycles. The van der Waals surface area contributed by atoms with Crippen LogP contribution in [-0.2, 0) is 10.8 Å². The summed E-state index contributed by atoms with van der Waals surface area (Å²) in [5, 5.41) is 0. The SMILES string of the molecule is C=CC#CC#CC=C(C#CC#CC)[S@@](C)=O. The van der Waals surface area contributed by atoms with Gasteiger partial charge in [0.15, 0.2) is 0 Å². The minimum atomic E-state index is -1.17. The van der Waals surface area contributed by atoms with Crippen LogP contribution < -0.4 is 0 Å². The molecule has 0 spiro atoms. The summed E-state index contributed by atoms with van der Waals surface area (Å²) in [6.45, 7) is 5.11. The molecule has 0 radical (unpaired) electrons. The molecule has 0 aromatic heterocycles. The topological polar surface area (TPSA) is 17.1 Å². The summed E-state index contributed by atoms with van der Waals surface area (Å²) in [7, 11) is -1.17. The summed E-state index contributed by atoms with van der Waals surface area (Å²) in [5.41, 5.74) is 0. The van der Waals surface area contributed by atoms with E-state index >= 15 is 0 Å². The first-order chi connectivity index (χ1) is 7.72. The molecule has 0 N–H and O–H groups in total. The summed E-state index contributed by atoms with van der Waals surface area (Å²) < 4.78 is 11.2. The molecule has 2 heteroatoms. The second kappa shape index (κ2) is 9.43. The van der Waals surface area contributed by atoms with Gasteiger partial charge in [-0.2, -0.15) is 0 Å². The molecular formula is C14H10OS. The van der Waals surface area contributed by atoms with E-state index in [1.807, 2.05) is 0 Å². The molecule has 1 nitrogen and oxygen atoms in total. The Labute approximate surface area is 99.5 Å². The minimum Gasteiger partial charge on any atom is -0.254 e. The highest BCUT2D eigenvalue weighted by molar-refractivity contribution is 7.88. The lowest BCUT2D eigenvalue weighted by molar-refractivity contribution is 0.691. The van der Waals surface area contributed by atoms with Crippen LogP contribution in [0.3, 0.4) is 0 Å². The number of allylic oxidation sites excluding steroid dienone is 3. The average molecular weight is 226 g/mol. The highest BCUT2D eigenvalue weighted by Gasteiger charge is 1.94. The highest BCUT2D eigenvalue weighted by atomic mass is 32.2. The van der Waals surface area contributed by atoms with Crippen LogP contribution in [0.2, 0.25) is 0 Å². The van der Waals surface area contributed by atoms with E-state index in [1.54, 1.807) is 6.92 Å². The molecule has 0 amide bonds. The van der Waals surface area contributed by atoms with Crippen LogP contribution in [0.5, 0.6) is 0 Å². The first kappa shape index (κ1) is 13.9. The maximum Gasteiger partial charge on any atom is 0.0977 e. The average Bonchev–Trinajstić information content (AvgIpc) is 2.26. The molecule has 0 bridgehead atoms. The van der Waals surface area contributed by atoms with E-state index in [4.69, 9.17) is 0 Å². The van der Waals surface area contributed by atoms with E-state index in [2.05, 4.69) is 53.9 Å². The van der Waals surface area contributed by atoms with Crippen molar-refractivity contribution in [3.63, 3.8) is 0 Å². The van der Waals surface area contributed by atoms with Gasteiger partial charge in [0.05, 0.1) is 15.7 Å². The molecule has 0 saturated heterocycles. The Morgan fingerprint density at radius 3 is 2.44 bits per heavy atom. The summed E-state index contributed by atoms with van der Waals surface area (Å²) in [6.07, 6.45) is 4.48. The van der Waals surface area contributed by atoms with Gasteiger partial charge in [-0.25, -0.2) is 0 Å². The summed E-state index contributed by atoms with van der Waals surface area (Å²) in [6, 6.07) is 0. The lowest BCUT2D eigenvalue weighted by Gasteiger charge is -1.87. The molecule has 0 unspecified atom stereocenters. The predicted octanol–water partition coefficient (Wildman–Crippen LogP) is 1.47. The van der Waals surface area contributed by atoms with Gasteiger partial charge in [0, 0.05) is 12.3 Å². The van der Waals surface area contributed by atoms with Gasteiger partial charge in [-0.05, 0) is 42.6 Å². The maximum absolute atomic E-state index is 11.2. The number of hydrogen-bond donors (Lipinski definition) is 0. The zero-order chi connectivity index (χ0) is 12.2. The highest BCUT2D eigenvalue weighted by Crippen LogP contribution is 1.95. The lowest BCUT2D eigenvalue weighted by Crippen LogP contribution is -1.87. The standard InChI is InChI=1S/C14H10OS/c1-4-6-8-9-11-13-14(16(3)15)12-10-7-5-2/h4,13H,1H2,2-3H3/t16-/m1/s1. The number of rotatable bonds is 1. The van der Waals surface area contributed by atoms with Crippen LogP contribution >= 0.6 is 0 Å². The zero-order valence-electron chi connectivity index (χ0n) is 9.18. The fourth-order valence-electron chi connectivity index (χ4n) is 0.571. The molecule has 0 aromatic rings. The third-order valence-corrected chi connectivity index (χ3v) is 2.03. The maximum atomic E-state index is 11.2. The van der Waals surface area contributed by atoms with Crippen LogP contribution in [0, 0.1) is 47.4 Å². The molecule has 0 aliphatic carbocycles. The van der Waals surface area contributed by atoms with E-state index in [0.29, 0.717) is 4.91 Å². The van der Waals surface area contributed by atoms with Crippen molar-refractivity contribution in [1.29, 1.82) is 0 Å². The molecule has 1 atom stereocenters. The van der Waals surface area contributed by atoms with Crippen molar-refractivity contribution in [2.75, 3.05) is 6.26 Å². The summed E-state index contributed by atoms with van der Waals surface area (Å²) in [4.78, 5) is 0.440. The number of hydrogen-bond acceptors (Lipinski definition) is 1. The van der Waals surface area contributed by atoms with Gasteiger partial charge in [-0.3, -0.25) is 4.21 Å². The van der Waals surface area contributed by atoms with Gasteiger partial charge in [-0.1, -0.05) is 24.3 Å². The van der Waals surface area contributed by atoms with Gasteiger partial charge < -0.3 is 0 Å². The Balaban J connectivity index is 4.91. The van der Waals surface area contributed by atoms with Gasteiger partial charge in [0.25, 0.3) is 0 Å². The Hall–Kier alpha value is -2.13. The van der Waals surface area contributed by atoms with E-state index in [-0.39, 0.29) is 0 Å². The third kappa shape index (κ3) is 7.29. The smallest absolute Gasteiger partial charge is 0.0977 e. The fourth-order valence-corrected chi connectivity index (χ4v) is 0.991. The Morgan fingerprint density at radius 2 is 1.88 bits per heavy atom. The molecule has 0 heterocycles. The molecule has 0 aliphatic heterocycles. The van der Waals surface area contributed by atoms with Gasteiger partial charge >= 0.3 is 0 Å². The second-order valence-electron chi connectivity index (χ2n) is 2.33. The second-order valence-corrected chi connectivity index (χ2v) is 3.68. The van der Waals surface area contributed by atoms with E-state index in [1.165, 1.54) is 18.4 Å². The van der Waals surface area contributed by atoms with Gasteiger partial charge in [-0.15, -0.1) is 0 Å². The van der Waals surface area contributed by atoms with Crippen LogP contribution in [0.1, 0.15) is 6.92 Å². The van der Waals surface area contributed by atoms with Crippen LogP contribution in [-0.4, -0.2) is 10.5 Å². The third-order valence-electron chi connectivity index (χ3n) is 1.20. The van der Waals surface area contributed by atoms with Crippen molar-refractivity contribution in [3.8, 4) is 47.4 Å². The Bertz CT molecular complexity index is 549. The Morgan fingerprint density at radius 1 is 1.19 bits per heavy atom. The van der Waals surface area contributed by atoms with Crippen molar-refractivity contribution in [3.05, 3.63) is 23.6 Å². The molecule has 78 valence electrons. The van der Waals surface area contributed by atoms with Crippen molar-refractivity contribution >= 4 is 10.8 Å². The monoisotopic (exact) mass is 226 g/mol. The summed E-state index contributed by atoms with van der Waals surface area (Å²) >= 11 is 0. The predicted molar refractivity (Wildman–Crippen MR) is 69.1 cm³/mol. The first-order valence-electron chi connectivity index (χ1n) is 4.30. The normalized spacial score (nSPS) is 9.75. The quantitative estimate of drug-likeness (QED) is 0.619. The molecule has 0 saturated carbocycles. The van der Waals surface area contributed by atoms with Crippen molar-refractivity contribution in [1.82, 2.24) is 0 Å². The Kier molecular flexibility index (Phi) is 8.17. The van der Waals surface area contributed by atoms with Gasteiger partial charge in [0.2, 0.25) is 0 Å².